The number of carbonyl (C=O) groups is 1. The second-order valence-electron chi connectivity index (χ2n) is 8.64. The van der Waals surface area contributed by atoms with Crippen LogP contribution >= 0.6 is 0 Å². The lowest BCUT2D eigenvalue weighted by Crippen LogP contribution is -2.40. The summed E-state index contributed by atoms with van der Waals surface area (Å²) in [4.78, 5) is 12.9. The van der Waals surface area contributed by atoms with Crippen molar-refractivity contribution in [3.63, 3.8) is 0 Å². The number of hydrogen-bond donors (Lipinski definition) is 2. The van der Waals surface area contributed by atoms with Gasteiger partial charge in [0.15, 0.2) is 0 Å². The molecule has 0 radical (unpaired) electrons. The SMILES string of the molecule is O=C(CC1CCCC1)Nc1cc(S(=O)(=O)N2CCOCC2)ccc1NCC1CCCO1. The summed E-state index contributed by atoms with van der Waals surface area (Å²) < 4.78 is 38.6. The first-order valence-electron chi connectivity index (χ1n) is 11.4. The first kappa shape index (κ1) is 22.5. The Hall–Kier alpha value is -1.68. The predicted octanol–water partition coefficient (Wildman–Crippen LogP) is 2.82. The van der Waals surface area contributed by atoms with Crippen molar-refractivity contribution >= 4 is 27.3 Å². The Balaban J connectivity index is 1.52. The number of rotatable bonds is 8. The highest BCUT2D eigenvalue weighted by atomic mass is 32.2. The maximum absolute atomic E-state index is 13.1. The maximum atomic E-state index is 13.1. The maximum Gasteiger partial charge on any atom is 0.243 e. The van der Waals surface area contributed by atoms with Gasteiger partial charge in [0.1, 0.15) is 0 Å². The lowest BCUT2D eigenvalue weighted by molar-refractivity contribution is -0.117. The largest absolute Gasteiger partial charge is 0.381 e. The van der Waals surface area contributed by atoms with E-state index in [2.05, 4.69) is 10.6 Å². The fraction of sp³-hybridized carbons (Fsp3) is 0.682. The lowest BCUT2D eigenvalue weighted by Gasteiger charge is -2.26. The highest BCUT2D eigenvalue weighted by Gasteiger charge is 2.28. The molecule has 1 saturated carbocycles. The average molecular weight is 452 g/mol. The molecule has 8 nitrogen and oxygen atoms in total. The third kappa shape index (κ3) is 5.77. The average Bonchev–Trinajstić information content (AvgIpc) is 3.47. The van der Waals surface area contributed by atoms with E-state index in [1.165, 1.54) is 17.1 Å². The first-order chi connectivity index (χ1) is 15.0. The summed E-state index contributed by atoms with van der Waals surface area (Å²) >= 11 is 0. The van der Waals surface area contributed by atoms with Crippen LogP contribution in [0.2, 0.25) is 0 Å². The van der Waals surface area contributed by atoms with Gasteiger partial charge in [-0.3, -0.25) is 4.79 Å². The minimum atomic E-state index is -3.64. The Labute approximate surface area is 184 Å². The highest BCUT2D eigenvalue weighted by Crippen LogP contribution is 2.31. The number of carbonyl (C=O) groups excluding carboxylic acids is 1. The number of sulfonamides is 1. The smallest absolute Gasteiger partial charge is 0.243 e. The van der Waals surface area contributed by atoms with Gasteiger partial charge in [-0.05, 0) is 49.8 Å². The Morgan fingerprint density at radius 3 is 2.52 bits per heavy atom. The predicted molar refractivity (Wildman–Crippen MR) is 119 cm³/mol. The summed E-state index contributed by atoms with van der Waals surface area (Å²) in [5.74, 6) is 0.358. The van der Waals surface area contributed by atoms with Gasteiger partial charge in [-0.25, -0.2) is 8.42 Å². The fourth-order valence-electron chi connectivity index (χ4n) is 4.58. The minimum absolute atomic E-state index is 0.0620. The summed E-state index contributed by atoms with van der Waals surface area (Å²) in [6.07, 6.45) is 7.20. The van der Waals surface area contributed by atoms with E-state index < -0.39 is 10.0 Å². The zero-order valence-electron chi connectivity index (χ0n) is 18.0. The molecule has 1 amide bonds. The molecule has 1 aromatic carbocycles. The van der Waals surface area contributed by atoms with E-state index in [9.17, 15) is 13.2 Å². The van der Waals surface area contributed by atoms with E-state index in [1.54, 1.807) is 18.2 Å². The zero-order valence-corrected chi connectivity index (χ0v) is 18.8. The molecular weight excluding hydrogens is 418 g/mol. The number of morpholine rings is 1. The third-order valence-electron chi connectivity index (χ3n) is 6.37. The van der Waals surface area contributed by atoms with E-state index in [0.29, 0.717) is 50.9 Å². The van der Waals surface area contributed by atoms with Crippen molar-refractivity contribution in [2.45, 2.75) is 55.9 Å². The molecule has 3 fully saturated rings. The number of benzene rings is 1. The summed E-state index contributed by atoms with van der Waals surface area (Å²) in [6.45, 7) is 2.86. The molecule has 0 bridgehead atoms. The van der Waals surface area contributed by atoms with Crippen LogP contribution in [0, 0.1) is 5.92 Å². The topological polar surface area (TPSA) is 97.0 Å². The van der Waals surface area contributed by atoms with Crippen molar-refractivity contribution in [3.05, 3.63) is 18.2 Å². The third-order valence-corrected chi connectivity index (χ3v) is 8.26. The van der Waals surface area contributed by atoms with Gasteiger partial charge in [0.25, 0.3) is 0 Å². The molecule has 2 aliphatic heterocycles. The van der Waals surface area contributed by atoms with E-state index in [1.807, 2.05) is 0 Å². The lowest BCUT2D eigenvalue weighted by atomic mass is 10.0. The molecule has 2 N–H and O–H groups in total. The van der Waals surface area contributed by atoms with Crippen molar-refractivity contribution < 1.29 is 22.7 Å². The summed E-state index contributed by atoms with van der Waals surface area (Å²) in [6, 6.07) is 4.93. The van der Waals surface area contributed by atoms with Gasteiger partial charge in [0.05, 0.1) is 35.6 Å². The molecule has 31 heavy (non-hydrogen) atoms. The van der Waals surface area contributed by atoms with E-state index in [-0.39, 0.29) is 16.9 Å². The standard InChI is InChI=1S/C22H33N3O5S/c26-22(14-17-4-1-2-5-17)24-21-15-19(31(27,28)25-9-12-29-13-10-25)7-8-20(21)23-16-18-6-3-11-30-18/h7-8,15,17-18,23H,1-6,9-14,16H2,(H,24,26). The van der Waals surface area contributed by atoms with Gasteiger partial charge in [-0.15, -0.1) is 0 Å². The van der Waals surface area contributed by atoms with Crippen molar-refractivity contribution in [2.24, 2.45) is 5.92 Å². The van der Waals surface area contributed by atoms with Crippen molar-refractivity contribution in [2.75, 3.05) is 50.1 Å². The molecule has 1 aliphatic carbocycles. The summed E-state index contributed by atoms with van der Waals surface area (Å²) in [5.41, 5.74) is 1.23. The molecular formula is C22H33N3O5S. The quantitative estimate of drug-likeness (QED) is 0.631. The first-order valence-corrected chi connectivity index (χ1v) is 12.8. The van der Waals surface area contributed by atoms with Crippen LogP contribution < -0.4 is 10.6 Å². The molecule has 2 saturated heterocycles. The molecule has 3 aliphatic rings. The number of hydrogen-bond acceptors (Lipinski definition) is 6. The minimum Gasteiger partial charge on any atom is -0.381 e. The highest BCUT2D eigenvalue weighted by molar-refractivity contribution is 7.89. The van der Waals surface area contributed by atoms with E-state index >= 15 is 0 Å². The van der Waals surface area contributed by atoms with Crippen molar-refractivity contribution in [1.29, 1.82) is 0 Å². The molecule has 4 rings (SSSR count). The van der Waals surface area contributed by atoms with Crippen LogP contribution in [0.3, 0.4) is 0 Å². The molecule has 2 heterocycles. The van der Waals surface area contributed by atoms with Gasteiger partial charge in [-0.2, -0.15) is 4.31 Å². The van der Waals surface area contributed by atoms with Crippen LogP contribution in [0.15, 0.2) is 23.1 Å². The summed E-state index contributed by atoms with van der Waals surface area (Å²) in [5, 5.41) is 6.32. The Morgan fingerprint density at radius 1 is 1.03 bits per heavy atom. The number of amides is 1. The molecule has 9 heteroatoms. The van der Waals surface area contributed by atoms with Crippen molar-refractivity contribution in [1.82, 2.24) is 4.31 Å². The zero-order chi connectivity index (χ0) is 21.7. The van der Waals surface area contributed by atoms with Gasteiger partial charge >= 0.3 is 0 Å². The summed E-state index contributed by atoms with van der Waals surface area (Å²) in [7, 11) is -3.64. The number of nitrogens with one attached hydrogen (secondary N) is 2. The Kier molecular flexibility index (Phi) is 7.47. The van der Waals surface area contributed by atoms with Gasteiger partial charge in [0, 0.05) is 32.7 Å². The van der Waals surface area contributed by atoms with Crippen LogP contribution in [0.25, 0.3) is 0 Å². The monoisotopic (exact) mass is 451 g/mol. The molecule has 172 valence electrons. The number of nitrogens with zero attached hydrogens (tertiary/aromatic N) is 1. The van der Waals surface area contributed by atoms with Gasteiger partial charge < -0.3 is 20.1 Å². The van der Waals surface area contributed by atoms with E-state index in [4.69, 9.17) is 9.47 Å². The normalized spacial score (nSPS) is 23.2. The molecule has 0 aromatic heterocycles. The van der Waals surface area contributed by atoms with Crippen LogP contribution in [0.5, 0.6) is 0 Å². The molecule has 0 spiro atoms. The molecule has 1 unspecified atom stereocenters. The van der Waals surface area contributed by atoms with Gasteiger partial charge in [0.2, 0.25) is 15.9 Å². The van der Waals surface area contributed by atoms with Gasteiger partial charge in [-0.1, -0.05) is 12.8 Å². The molecule has 1 atom stereocenters. The number of ether oxygens (including phenoxy) is 2. The Bertz CT molecular complexity index is 858. The van der Waals surface area contributed by atoms with Crippen molar-refractivity contribution in [3.8, 4) is 0 Å². The second-order valence-corrected chi connectivity index (χ2v) is 10.6. The van der Waals surface area contributed by atoms with Crippen LogP contribution in [0.4, 0.5) is 11.4 Å². The Morgan fingerprint density at radius 2 is 1.81 bits per heavy atom. The van der Waals surface area contributed by atoms with Crippen LogP contribution in [-0.4, -0.2) is 64.2 Å². The molecule has 1 aromatic rings. The fourth-order valence-corrected chi connectivity index (χ4v) is 6.02. The number of anilines is 2. The van der Waals surface area contributed by atoms with Crippen LogP contribution in [-0.2, 0) is 24.3 Å². The van der Waals surface area contributed by atoms with E-state index in [0.717, 1.165) is 38.0 Å². The van der Waals surface area contributed by atoms with Crippen LogP contribution in [0.1, 0.15) is 44.9 Å². The second kappa shape index (κ2) is 10.3.